The predicted molar refractivity (Wildman–Crippen MR) is 117 cm³/mol. The second kappa shape index (κ2) is 10.1. The molecular formula is C22H20ClF7N4O3. The molecule has 1 aliphatic rings. The third-order valence-corrected chi connectivity index (χ3v) is 5.93. The van der Waals surface area contributed by atoms with Gasteiger partial charge < -0.3 is 20.0 Å². The van der Waals surface area contributed by atoms with Crippen LogP contribution in [0, 0.1) is 5.82 Å². The van der Waals surface area contributed by atoms with Gasteiger partial charge in [-0.15, -0.1) is 22.6 Å². The summed E-state index contributed by atoms with van der Waals surface area (Å²) >= 11 is 0. The second-order valence-corrected chi connectivity index (χ2v) is 8.26. The molecule has 3 heterocycles. The van der Waals surface area contributed by atoms with Crippen molar-refractivity contribution in [1.29, 1.82) is 0 Å². The third-order valence-electron chi connectivity index (χ3n) is 5.93. The van der Waals surface area contributed by atoms with Gasteiger partial charge in [-0.25, -0.2) is 9.37 Å². The molecule has 7 nitrogen and oxygen atoms in total. The molecule has 0 spiro atoms. The average Bonchev–Trinajstić information content (AvgIpc) is 3.28. The van der Waals surface area contributed by atoms with Crippen molar-refractivity contribution in [3.63, 3.8) is 0 Å². The maximum Gasteiger partial charge on any atom is 0.430 e. The molecule has 2 unspecified atom stereocenters. The smallest absolute Gasteiger partial charge is 0.415 e. The SMILES string of the molecule is COC1CCCCc2ccc(F)c(c2)C(O)(C(F)(F)F)c2nnc(o2)-c2nc1c(C(F)(F)F)cc2N.Cl. The van der Waals surface area contributed by atoms with E-state index in [4.69, 9.17) is 14.9 Å². The van der Waals surface area contributed by atoms with E-state index in [2.05, 4.69) is 15.2 Å². The number of hydrogen-bond acceptors (Lipinski definition) is 7. The van der Waals surface area contributed by atoms with Crippen LogP contribution in [-0.4, -0.2) is 33.6 Å². The van der Waals surface area contributed by atoms with Crippen LogP contribution in [0.2, 0.25) is 0 Å². The first-order valence-corrected chi connectivity index (χ1v) is 10.6. The van der Waals surface area contributed by atoms with Crippen molar-refractivity contribution in [2.45, 2.75) is 49.7 Å². The molecule has 2 aromatic heterocycles. The van der Waals surface area contributed by atoms with Gasteiger partial charge in [-0.1, -0.05) is 12.5 Å². The molecule has 1 aromatic carbocycles. The highest BCUT2D eigenvalue weighted by Crippen LogP contribution is 2.46. The fourth-order valence-corrected chi connectivity index (χ4v) is 4.07. The lowest BCUT2D eigenvalue weighted by atomic mass is 9.90. The summed E-state index contributed by atoms with van der Waals surface area (Å²) < 4.78 is 109. The number of pyridine rings is 1. The van der Waals surface area contributed by atoms with E-state index in [0.29, 0.717) is 12.5 Å². The molecule has 6 bridgehead atoms. The van der Waals surface area contributed by atoms with Crippen molar-refractivity contribution in [3.8, 4) is 11.6 Å². The number of benzene rings is 1. The zero-order chi connectivity index (χ0) is 26.5. The molecule has 2 atom stereocenters. The molecule has 0 saturated carbocycles. The summed E-state index contributed by atoms with van der Waals surface area (Å²) in [5, 5.41) is 17.4. The molecule has 0 saturated heterocycles. The van der Waals surface area contributed by atoms with Crippen LogP contribution in [-0.2, 0) is 22.9 Å². The summed E-state index contributed by atoms with van der Waals surface area (Å²) in [5.74, 6) is -3.64. The molecule has 0 amide bonds. The number of methoxy groups -OCH3 is 1. The number of halogens is 8. The maximum atomic E-state index is 14.6. The van der Waals surface area contributed by atoms with Gasteiger partial charge in [0.2, 0.25) is 0 Å². The van der Waals surface area contributed by atoms with E-state index in [1.807, 2.05) is 0 Å². The Hall–Kier alpha value is -2.97. The summed E-state index contributed by atoms with van der Waals surface area (Å²) in [5.41, 5.74) is -2.18. The van der Waals surface area contributed by atoms with E-state index in [-0.39, 0.29) is 37.2 Å². The monoisotopic (exact) mass is 556 g/mol. The molecule has 1 aliphatic heterocycles. The summed E-state index contributed by atoms with van der Waals surface area (Å²) in [7, 11) is 1.19. The number of anilines is 1. The molecule has 3 N–H and O–H groups in total. The Kier molecular flexibility index (Phi) is 7.78. The number of fused-ring (bicyclic) bond motifs is 7. The molecule has 202 valence electrons. The molecule has 0 radical (unpaired) electrons. The van der Waals surface area contributed by atoms with Gasteiger partial charge in [0, 0.05) is 12.7 Å². The van der Waals surface area contributed by atoms with Crippen LogP contribution in [0.1, 0.15) is 53.6 Å². The minimum atomic E-state index is -5.52. The van der Waals surface area contributed by atoms with Crippen LogP contribution in [0.5, 0.6) is 0 Å². The summed E-state index contributed by atoms with van der Waals surface area (Å²) in [6, 6.07) is 3.40. The highest BCUT2D eigenvalue weighted by atomic mass is 35.5. The summed E-state index contributed by atoms with van der Waals surface area (Å²) in [4.78, 5) is 3.90. The van der Waals surface area contributed by atoms with Gasteiger partial charge in [-0.3, -0.25) is 0 Å². The van der Waals surface area contributed by atoms with Crippen molar-refractivity contribution in [1.82, 2.24) is 15.2 Å². The van der Waals surface area contributed by atoms with Gasteiger partial charge in [-0.2, -0.15) is 26.3 Å². The molecule has 4 rings (SSSR count). The average molecular weight is 557 g/mol. The van der Waals surface area contributed by atoms with E-state index in [9.17, 15) is 35.8 Å². The fraction of sp³-hybridized carbons (Fsp3) is 0.409. The Morgan fingerprint density at radius 1 is 1.11 bits per heavy atom. The van der Waals surface area contributed by atoms with Crippen molar-refractivity contribution in [2.24, 2.45) is 0 Å². The number of ether oxygens (including phenoxy) is 1. The number of aryl methyl sites for hydroxylation is 1. The zero-order valence-electron chi connectivity index (χ0n) is 19.0. The van der Waals surface area contributed by atoms with Crippen molar-refractivity contribution in [3.05, 3.63) is 58.4 Å². The Morgan fingerprint density at radius 2 is 1.81 bits per heavy atom. The molecular weight excluding hydrogens is 537 g/mol. The molecule has 15 heteroatoms. The van der Waals surface area contributed by atoms with Crippen LogP contribution < -0.4 is 5.73 Å². The predicted octanol–water partition coefficient (Wildman–Crippen LogP) is 5.51. The van der Waals surface area contributed by atoms with E-state index >= 15 is 0 Å². The van der Waals surface area contributed by atoms with Gasteiger partial charge in [0.15, 0.2) is 5.69 Å². The van der Waals surface area contributed by atoms with E-state index in [1.54, 1.807) is 0 Å². The Balaban J connectivity index is 0.00000380. The molecule has 0 fully saturated rings. The molecule has 37 heavy (non-hydrogen) atoms. The number of rotatable bonds is 1. The van der Waals surface area contributed by atoms with Gasteiger partial charge >= 0.3 is 12.4 Å². The van der Waals surface area contributed by atoms with Crippen molar-refractivity contribution < 1.29 is 45.0 Å². The Labute approximate surface area is 211 Å². The minimum absolute atomic E-state index is 0. The first-order chi connectivity index (χ1) is 16.8. The zero-order valence-corrected chi connectivity index (χ0v) is 19.8. The first kappa shape index (κ1) is 28.6. The summed E-state index contributed by atoms with van der Waals surface area (Å²) in [6.45, 7) is 0. The lowest BCUT2D eigenvalue weighted by molar-refractivity contribution is -0.256. The number of nitrogens with two attached hydrogens (primary N) is 1. The number of nitrogens with zero attached hydrogens (tertiary/aromatic N) is 3. The highest BCUT2D eigenvalue weighted by Gasteiger charge is 2.61. The maximum absolute atomic E-state index is 14.6. The molecule has 3 aromatic rings. The van der Waals surface area contributed by atoms with Crippen molar-refractivity contribution >= 4 is 18.1 Å². The van der Waals surface area contributed by atoms with Crippen LogP contribution in [0.4, 0.5) is 36.4 Å². The Bertz CT molecular complexity index is 1280. The number of alkyl halides is 6. The fourth-order valence-electron chi connectivity index (χ4n) is 4.07. The number of aromatic nitrogens is 3. The van der Waals surface area contributed by atoms with Crippen molar-refractivity contribution in [2.75, 3.05) is 12.8 Å². The minimum Gasteiger partial charge on any atom is -0.415 e. The lowest BCUT2D eigenvalue weighted by Gasteiger charge is -2.28. The van der Waals surface area contributed by atoms with E-state index in [1.165, 1.54) is 13.2 Å². The topological polar surface area (TPSA) is 107 Å². The normalized spacial score (nSPS) is 20.5. The highest BCUT2D eigenvalue weighted by molar-refractivity contribution is 5.85. The van der Waals surface area contributed by atoms with Crippen LogP contribution in [0.3, 0.4) is 0 Å². The van der Waals surface area contributed by atoms with E-state index in [0.717, 1.165) is 12.1 Å². The first-order valence-electron chi connectivity index (χ1n) is 10.6. The number of nitrogen functional groups attached to an aromatic ring is 1. The largest absolute Gasteiger partial charge is 0.430 e. The number of aliphatic hydroxyl groups is 1. The van der Waals surface area contributed by atoms with Gasteiger partial charge in [0.05, 0.1) is 23.0 Å². The van der Waals surface area contributed by atoms with Gasteiger partial charge in [0.1, 0.15) is 5.82 Å². The standard InChI is InChI=1S/C22H19F7N4O3.ClH/c1-35-15-5-3-2-4-10-6-7-13(23)11(8-10)20(34,22(27,28)29)19-33-32-18(36-19)17-14(30)9-12(16(15)31-17)21(24,25)26;/h6-9,15,34H,2-5,30H2,1H3;1H. The number of hydrogen-bond donors (Lipinski definition) is 2. The second-order valence-electron chi connectivity index (χ2n) is 8.26. The molecule has 0 aliphatic carbocycles. The Morgan fingerprint density at radius 3 is 2.43 bits per heavy atom. The lowest BCUT2D eigenvalue weighted by Crippen LogP contribution is -2.44. The van der Waals surface area contributed by atoms with Crippen LogP contribution >= 0.6 is 12.4 Å². The quantitative estimate of drug-likeness (QED) is 0.381. The van der Waals surface area contributed by atoms with Crippen LogP contribution in [0.25, 0.3) is 11.6 Å². The van der Waals surface area contributed by atoms with Crippen LogP contribution in [0.15, 0.2) is 28.7 Å². The van der Waals surface area contributed by atoms with E-state index < -0.39 is 69.9 Å². The summed E-state index contributed by atoms with van der Waals surface area (Å²) in [6.07, 6.45) is -10.7. The van der Waals surface area contributed by atoms with Gasteiger partial charge in [-0.05, 0) is 43.0 Å². The third kappa shape index (κ3) is 5.09. The van der Waals surface area contributed by atoms with Gasteiger partial charge in [0.25, 0.3) is 17.4 Å².